The van der Waals surface area contributed by atoms with Crippen molar-refractivity contribution in [2.24, 2.45) is 5.16 Å². The number of oxime groups is 1. The van der Waals surface area contributed by atoms with Gasteiger partial charge in [-0.25, -0.2) is 4.39 Å². The highest BCUT2D eigenvalue weighted by molar-refractivity contribution is 9.09. The van der Waals surface area contributed by atoms with E-state index in [0.29, 0.717) is 16.6 Å². The molecule has 0 aliphatic rings. The lowest BCUT2D eigenvalue weighted by atomic mass is 10.1. The molecule has 64 valence electrons. The van der Waals surface area contributed by atoms with Gasteiger partial charge in [-0.1, -0.05) is 33.2 Å². The van der Waals surface area contributed by atoms with Crippen molar-refractivity contribution >= 4 is 21.6 Å². The third-order valence-electron chi connectivity index (χ3n) is 1.42. The molecule has 0 atom stereocenters. The fourth-order valence-electron chi connectivity index (χ4n) is 0.804. The number of halogens is 2. The Hall–Kier alpha value is -0.900. The Labute approximate surface area is 77.8 Å². The smallest absolute Gasteiger partial charge is 0.123 e. The summed E-state index contributed by atoms with van der Waals surface area (Å²) < 4.78 is 12.4. The molecule has 12 heavy (non-hydrogen) atoms. The van der Waals surface area contributed by atoms with Gasteiger partial charge in [0.1, 0.15) is 5.82 Å². The van der Waals surface area contributed by atoms with Crippen LogP contribution < -0.4 is 0 Å². The molecule has 1 N–H and O–H groups in total. The Morgan fingerprint density at radius 1 is 1.42 bits per heavy atom. The maximum Gasteiger partial charge on any atom is 0.123 e. The summed E-state index contributed by atoms with van der Waals surface area (Å²) in [5, 5.41) is 12.0. The lowest BCUT2D eigenvalue weighted by Crippen LogP contribution is -2.01. The van der Waals surface area contributed by atoms with Gasteiger partial charge in [-0.3, -0.25) is 0 Å². The molecule has 0 radical (unpaired) electrons. The van der Waals surface area contributed by atoms with E-state index >= 15 is 0 Å². The van der Waals surface area contributed by atoms with Crippen LogP contribution in [0.25, 0.3) is 0 Å². The Morgan fingerprint density at radius 3 is 2.42 bits per heavy atom. The zero-order valence-corrected chi connectivity index (χ0v) is 7.75. The zero-order chi connectivity index (χ0) is 8.97. The fraction of sp³-hybridized carbons (Fsp3) is 0.125. The number of nitrogens with zero attached hydrogens (tertiary/aromatic N) is 1. The highest BCUT2D eigenvalue weighted by Gasteiger charge is 2.01. The zero-order valence-electron chi connectivity index (χ0n) is 6.17. The molecule has 0 fully saturated rings. The van der Waals surface area contributed by atoms with Gasteiger partial charge >= 0.3 is 0 Å². The van der Waals surface area contributed by atoms with Crippen LogP contribution in [0.3, 0.4) is 0 Å². The quantitative estimate of drug-likeness (QED) is 0.361. The molecule has 2 nitrogen and oxygen atoms in total. The molecule has 0 heterocycles. The van der Waals surface area contributed by atoms with Gasteiger partial charge in [-0.05, 0) is 12.1 Å². The molecule has 1 aromatic carbocycles. The van der Waals surface area contributed by atoms with Gasteiger partial charge < -0.3 is 5.21 Å². The fourth-order valence-corrected chi connectivity index (χ4v) is 1.24. The maximum absolute atomic E-state index is 12.4. The van der Waals surface area contributed by atoms with E-state index in [1.54, 1.807) is 12.1 Å². The molecule has 1 rings (SSSR count). The predicted molar refractivity (Wildman–Crippen MR) is 48.5 cm³/mol. The molecule has 0 saturated heterocycles. The summed E-state index contributed by atoms with van der Waals surface area (Å²) in [6.07, 6.45) is 0. The Kier molecular flexibility index (Phi) is 3.22. The molecule has 0 aliphatic carbocycles. The largest absolute Gasteiger partial charge is 0.411 e. The Bertz CT molecular complexity index is 284. The third kappa shape index (κ3) is 2.04. The first kappa shape index (κ1) is 9.19. The van der Waals surface area contributed by atoms with Crippen LogP contribution >= 0.6 is 15.9 Å². The number of rotatable bonds is 2. The van der Waals surface area contributed by atoms with Crippen molar-refractivity contribution < 1.29 is 9.60 Å². The van der Waals surface area contributed by atoms with Crippen LogP contribution in [0, 0.1) is 5.82 Å². The average Bonchev–Trinajstić information content (AvgIpc) is 2.10. The number of hydrogen-bond acceptors (Lipinski definition) is 2. The Balaban J connectivity index is 2.96. The monoisotopic (exact) mass is 231 g/mol. The van der Waals surface area contributed by atoms with Crippen molar-refractivity contribution in [3.63, 3.8) is 0 Å². The maximum atomic E-state index is 12.4. The van der Waals surface area contributed by atoms with Crippen LogP contribution in [-0.2, 0) is 0 Å². The summed E-state index contributed by atoms with van der Waals surface area (Å²) in [6, 6.07) is 5.77. The van der Waals surface area contributed by atoms with Gasteiger partial charge in [-0.2, -0.15) is 0 Å². The topological polar surface area (TPSA) is 32.6 Å². The predicted octanol–water partition coefficient (Wildman–Crippen LogP) is 2.40. The van der Waals surface area contributed by atoms with E-state index in [-0.39, 0.29) is 5.82 Å². The Morgan fingerprint density at radius 2 is 2.00 bits per heavy atom. The molecule has 0 spiro atoms. The summed E-state index contributed by atoms with van der Waals surface area (Å²) in [6.45, 7) is 0. The second-order valence-corrected chi connectivity index (χ2v) is 2.75. The van der Waals surface area contributed by atoms with Crippen LogP contribution in [0.15, 0.2) is 29.4 Å². The van der Waals surface area contributed by atoms with Crippen LogP contribution in [0.4, 0.5) is 4.39 Å². The standard InChI is InChI=1S/C8H7BrFNO/c9-5-8(11-12)6-1-3-7(10)4-2-6/h1-4,12H,5H2/b11-8-. The number of alkyl halides is 1. The first-order chi connectivity index (χ1) is 5.77. The molecule has 0 aromatic heterocycles. The van der Waals surface area contributed by atoms with E-state index in [2.05, 4.69) is 21.1 Å². The van der Waals surface area contributed by atoms with Crippen LogP contribution in [0.1, 0.15) is 5.56 Å². The SMILES string of the molecule is O/N=C(/CBr)c1ccc(F)cc1. The molecular weight excluding hydrogens is 225 g/mol. The van der Waals surface area contributed by atoms with Crippen LogP contribution in [0.2, 0.25) is 0 Å². The van der Waals surface area contributed by atoms with E-state index in [4.69, 9.17) is 5.21 Å². The van der Waals surface area contributed by atoms with Gasteiger partial charge in [0.05, 0.1) is 5.71 Å². The van der Waals surface area contributed by atoms with E-state index < -0.39 is 0 Å². The van der Waals surface area contributed by atoms with E-state index in [0.717, 1.165) is 0 Å². The van der Waals surface area contributed by atoms with Crippen LogP contribution in [0.5, 0.6) is 0 Å². The van der Waals surface area contributed by atoms with E-state index in [1.165, 1.54) is 12.1 Å². The van der Waals surface area contributed by atoms with E-state index in [9.17, 15) is 4.39 Å². The summed E-state index contributed by atoms with van der Waals surface area (Å²) >= 11 is 3.15. The molecule has 0 aliphatic heterocycles. The van der Waals surface area contributed by atoms with Gasteiger partial charge in [0.15, 0.2) is 0 Å². The molecule has 1 aromatic rings. The van der Waals surface area contributed by atoms with Crippen LogP contribution in [-0.4, -0.2) is 16.2 Å². The number of benzene rings is 1. The van der Waals surface area contributed by atoms with Crippen molar-refractivity contribution in [3.8, 4) is 0 Å². The molecule has 4 heteroatoms. The summed E-state index contributed by atoms with van der Waals surface area (Å²) in [7, 11) is 0. The van der Waals surface area contributed by atoms with Crippen molar-refractivity contribution in [1.29, 1.82) is 0 Å². The normalized spacial score (nSPS) is 11.7. The minimum atomic E-state index is -0.300. The second-order valence-electron chi connectivity index (χ2n) is 2.19. The summed E-state index contributed by atoms with van der Waals surface area (Å²) in [5.74, 6) is -0.300. The molecule has 0 unspecified atom stereocenters. The highest BCUT2D eigenvalue weighted by atomic mass is 79.9. The summed E-state index contributed by atoms with van der Waals surface area (Å²) in [5.41, 5.74) is 1.19. The lowest BCUT2D eigenvalue weighted by Gasteiger charge is -1.98. The van der Waals surface area contributed by atoms with E-state index in [1.807, 2.05) is 0 Å². The third-order valence-corrected chi connectivity index (χ3v) is 1.96. The highest BCUT2D eigenvalue weighted by Crippen LogP contribution is 2.05. The van der Waals surface area contributed by atoms with Gasteiger partial charge in [0.25, 0.3) is 0 Å². The minimum Gasteiger partial charge on any atom is -0.411 e. The molecule has 0 saturated carbocycles. The van der Waals surface area contributed by atoms with Crippen molar-refractivity contribution in [1.82, 2.24) is 0 Å². The van der Waals surface area contributed by atoms with Crippen molar-refractivity contribution in [2.45, 2.75) is 0 Å². The minimum absolute atomic E-state index is 0.300. The van der Waals surface area contributed by atoms with Gasteiger partial charge in [-0.15, -0.1) is 0 Å². The average molecular weight is 232 g/mol. The van der Waals surface area contributed by atoms with Crippen molar-refractivity contribution in [2.75, 3.05) is 5.33 Å². The molecule has 0 bridgehead atoms. The second kappa shape index (κ2) is 4.21. The first-order valence-corrected chi connectivity index (χ1v) is 4.43. The van der Waals surface area contributed by atoms with Gasteiger partial charge in [0, 0.05) is 10.9 Å². The molecule has 0 amide bonds. The number of hydrogen-bond donors (Lipinski definition) is 1. The molecular formula is C8H7BrFNO. The van der Waals surface area contributed by atoms with Gasteiger partial charge in [0.2, 0.25) is 0 Å². The summed E-state index contributed by atoms with van der Waals surface area (Å²) in [4.78, 5) is 0. The van der Waals surface area contributed by atoms with Crippen molar-refractivity contribution in [3.05, 3.63) is 35.6 Å². The first-order valence-electron chi connectivity index (χ1n) is 3.30. The lowest BCUT2D eigenvalue weighted by molar-refractivity contribution is 0.319.